The van der Waals surface area contributed by atoms with Gasteiger partial charge in [0.15, 0.2) is 0 Å². The van der Waals surface area contributed by atoms with Crippen molar-refractivity contribution in [2.45, 2.75) is 43.9 Å². The maximum Gasteiger partial charge on any atom is 0.0250 e. The molecule has 2 bridgehead atoms. The van der Waals surface area contributed by atoms with Crippen molar-refractivity contribution in [1.29, 1.82) is 0 Å². The molecule has 2 aliphatic heterocycles. The van der Waals surface area contributed by atoms with Gasteiger partial charge in [0.25, 0.3) is 0 Å². The predicted molar refractivity (Wildman–Crippen MR) is 66.3 cm³/mol. The zero-order valence-corrected chi connectivity index (χ0v) is 9.89. The molecule has 0 aromatic heterocycles. The highest BCUT2D eigenvalue weighted by molar-refractivity contribution is 5.15. The Kier molecular flexibility index (Phi) is 2.70. The summed E-state index contributed by atoms with van der Waals surface area (Å²) in [6.45, 7) is 1.02. The maximum absolute atomic E-state index is 3.72. The number of likely N-dealkylation sites (N-methyl/N-ethyl adjacent to an activating group) is 1. The van der Waals surface area contributed by atoms with E-state index < -0.39 is 0 Å². The molecule has 1 aromatic carbocycles. The van der Waals surface area contributed by atoms with E-state index in [2.05, 4.69) is 47.6 Å². The van der Waals surface area contributed by atoms with E-state index in [-0.39, 0.29) is 0 Å². The van der Waals surface area contributed by atoms with E-state index in [0.29, 0.717) is 6.04 Å². The van der Waals surface area contributed by atoms with Gasteiger partial charge in [0.05, 0.1) is 0 Å². The Morgan fingerprint density at radius 1 is 1.25 bits per heavy atom. The molecule has 0 radical (unpaired) electrons. The van der Waals surface area contributed by atoms with E-state index >= 15 is 0 Å². The second kappa shape index (κ2) is 4.19. The highest BCUT2D eigenvalue weighted by Crippen LogP contribution is 2.36. The number of rotatable bonds is 3. The van der Waals surface area contributed by atoms with Crippen molar-refractivity contribution in [2.24, 2.45) is 0 Å². The van der Waals surface area contributed by atoms with Gasteiger partial charge in [0, 0.05) is 24.7 Å². The lowest BCUT2D eigenvalue weighted by Gasteiger charge is -2.22. The van der Waals surface area contributed by atoms with Crippen molar-refractivity contribution >= 4 is 0 Å². The van der Waals surface area contributed by atoms with E-state index in [4.69, 9.17) is 0 Å². The molecule has 2 heterocycles. The molecule has 2 fully saturated rings. The molecule has 1 N–H and O–H groups in total. The SMILES string of the molecule is CN1[C@H]2CC[C@H]1[C@H](NCc1ccccc1)C2. The summed E-state index contributed by atoms with van der Waals surface area (Å²) in [7, 11) is 2.28. The van der Waals surface area contributed by atoms with Crippen molar-refractivity contribution in [3.8, 4) is 0 Å². The van der Waals surface area contributed by atoms with Gasteiger partial charge in [0.1, 0.15) is 0 Å². The van der Waals surface area contributed by atoms with Crippen LogP contribution in [-0.2, 0) is 6.54 Å². The fraction of sp³-hybridized carbons (Fsp3) is 0.571. The molecule has 86 valence electrons. The second-order valence-corrected chi connectivity index (χ2v) is 5.17. The number of hydrogen-bond acceptors (Lipinski definition) is 2. The number of hydrogen-bond donors (Lipinski definition) is 1. The third kappa shape index (κ3) is 1.76. The largest absolute Gasteiger partial charge is 0.308 e. The van der Waals surface area contributed by atoms with Gasteiger partial charge in [-0.05, 0) is 31.9 Å². The summed E-state index contributed by atoms with van der Waals surface area (Å²) >= 11 is 0. The lowest BCUT2D eigenvalue weighted by Crippen LogP contribution is -2.39. The van der Waals surface area contributed by atoms with Crippen LogP contribution in [0.4, 0.5) is 0 Å². The minimum atomic E-state index is 0.712. The Morgan fingerprint density at radius 3 is 2.69 bits per heavy atom. The summed E-state index contributed by atoms with van der Waals surface area (Å²) in [6.07, 6.45) is 4.13. The van der Waals surface area contributed by atoms with E-state index in [1.807, 2.05) is 0 Å². The van der Waals surface area contributed by atoms with Gasteiger partial charge in [0.2, 0.25) is 0 Å². The first kappa shape index (κ1) is 10.3. The smallest absolute Gasteiger partial charge is 0.0250 e. The van der Waals surface area contributed by atoms with Crippen LogP contribution in [0.1, 0.15) is 24.8 Å². The first-order chi connectivity index (χ1) is 7.84. The molecule has 0 unspecified atom stereocenters. The van der Waals surface area contributed by atoms with Crippen molar-refractivity contribution in [2.75, 3.05) is 7.05 Å². The summed E-state index contributed by atoms with van der Waals surface area (Å²) in [5, 5.41) is 3.72. The van der Waals surface area contributed by atoms with Crippen LogP contribution in [0.15, 0.2) is 30.3 Å². The van der Waals surface area contributed by atoms with E-state index in [0.717, 1.165) is 18.6 Å². The van der Waals surface area contributed by atoms with Gasteiger partial charge in [-0.25, -0.2) is 0 Å². The van der Waals surface area contributed by atoms with Crippen LogP contribution in [0.2, 0.25) is 0 Å². The molecule has 0 aliphatic carbocycles. The highest BCUT2D eigenvalue weighted by atomic mass is 15.2. The number of fused-ring (bicyclic) bond motifs is 2. The van der Waals surface area contributed by atoms with Gasteiger partial charge in [-0.3, -0.25) is 4.90 Å². The van der Waals surface area contributed by atoms with Crippen LogP contribution in [0.5, 0.6) is 0 Å². The van der Waals surface area contributed by atoms with E-state index in [1.54, 1.807) is 0 Å². The summed E-state index contributed by atoms with van der Waals surface area (Å²) in [5.41, 5.74) is 1.40. The van der Waals surface area contributed by atoms with Gasteiger partial charge >= 0.3 is 0 Å². The topological polar surface area (TPSA) is 15.3 Å². The molecule has 0 amide bonds. The Bertz CT molecular complexity index is 349. The summed E-state index contributed by atoms with van der Waals surface area (Å²) < 4.78 is 0. The zero-order valence-electron chi connectivity index (χ0n) is 9.89. The third-order valence-electron chi connectivity index (χ3n) is 4.30. The van der Waals surface area contributed by atoms with Gasteiger partial charge in [-0.1, -0.05) is 30.3 Å². The average molecular weight is 216 g/mol. The minimum absolute atomic E-state index is 0.712. The molecular formula is C14H20N2. The van der Waals surface area contributed by atoms with Crippen LogP contribution in [0.25, 0.3) is 0 Å². The normalized spacial score (nSPS) is 33.4. The molecule has 2 saturated heterocycles. The molecule has 2 nitrogen and oxygen atoms in total. The molecule has 2 aliphatic rings. The lowest BCUT2D eigenvalue weighted by molar-refractivity contribution is 0.296. The van der Waals surface area contributed by atoms with Crippen LogP contribution in [-0.4, -0.2) is 30.1 Å². The third-order valence-corrected chi connectivity index (χ3v) is 4.30. The Hall–Kier alpha value is -0.860. The minimum Gasteiger partial charge on any atom is -0.308 e. The van der Waals surface area contributed by atoms with E-state index in [9.17, 15) is 0 Å². The lowest BCUT2D eigenvalue weighted by atomic mass is 9.95. The predicted octanol–water partition coefficient (Wildman–Crippen LogP) is 2.01. The van der Waals surface area contributed by atoms with Crippen LogP contribution in [0, 0.1) is 0 Å². The molecule has 0 spiro atoms. The van der Waals surface area contributed by atoms with Crippen molar-refractivity contribution in [3.05, 3.63) is 35.9 Å². The number of nitrogens with one attached hydrogen (secondary N) is 1. The van der Waals surface area contributed by atoms with Gasteiger partial charge in [-0.15, -0.1) is 0 Å². The second-order valence-electron chi connectivity index (χ2n) is 5.17. The first-order valence-corrected chi connectivity index (χ1v) is 6.34. The molecule has 3 atom stereocenters. The fourth-order valence-electron chi connectivity index (χ4n) is 3.32. The molecular weight excluding hydrogens is 196 g/mol. The Labute approximate surface area is 97.6 Å². The maximum atomic E-state index is 3.72. The Balaban J connectivity index is 1.57. The fourth-order valence-corrected chi connectivity index (χ4v) is 3.32. The number of nitrogens with zero attached hydrogens (tertiary/aromatic N) is 1. The Morgan fingerprint density at radius 2 is 2.06 bits per heavy atom. The molecule has 1 aromatic rings. The first-order valence-electron chi connectivity index (χ1n) is 6.34. The summed E-state index contributed by atoms with van der Waals surface area (Å²) in [6, 6.07) is 13.0. The molecule has 16 heavy (non-hydrogen) atoms. The van der Waals surface area contributed by atoms with Crippen molar-refractivity contribution in [3.63, 3.8) is 0 Å². The van der Waals surface area contributed by atoms with Crippen molar-refractivity contribution in [1.82, 2.24) is 10.2 Å². The van der Waals surface area contributed by atoms with Crippen LogP contribution < -0.4 is 5.32 Å². The van der Waals surface area contributed by atoms with Crippen LogP contribution >= 0.6 is 0 Å². The molecule has 2 heteroatoms. The average Bonchev–Trinajstić information content (AvgIpc) is 2.84. The van der Waals surface area contributed by atoms with Gasteiger partial charge < -0.3 is 5.32 Å². The van der Waals surface area contributed by atoms with Crippen LogP contribution in [0.3, 0.4) is 0 Å². The molecule has 0 saturated carbocycles. The summed E-state index contributed by atoms with van der Waals surface area (Å²) in [4.78, 5) is 2.57. The van der Waals surface area contributed by atoms with E-state index in [1.165, 1.54) is 24.8 Å². The quantitative estimate of drug-likeness (QED) is 0.831. The molecule has 3 rings (SSSR count). The van der Waals surface area contributed by atoms with Gasteiger partial charge in [-0.2, -0.15) is 0 Å². The van der Waals surface area contributed by atoms with Crippen molar-refractivity contribution < 1.29 is 0 Å². The number of benzene rings is 1. The zero-order chi connectivity index (χ0) is 11.0. The standard InChI is InChI=1S/C14H20N2/c1-16-12-7-8-14(16)13(9-12)15-10-11-5-3-2-4-6-11/h2-6,12-15H,7-10H2,1H3/t12-,13+,14-/m0/s1. The monoisotopic (exact) mass is 216 g/mol. The highest BCUT2D eigenvalue weighted by Gasteiger charge is 2.43. The summed E-state index contributed by atoms with van der Waals surface area (Å²) in [5.74, 6) is 0.